The molecule has 3 aliphatic heterocycles. The molecule has 1 aliphatic carbocycles. The number of nitrogens with zero attached hydrogens (tertiary/aromatic N) is 2. The predicted octanol–water partition coefficient (Wildman–Crippen LogP) is 4.25. The van der Waals surface area contributed by atoms with Crippen molar-refractivity contribution in [3.8, 4) is 0 Å². The van der Waals surface area contributed by atoms with E-state index in [1.54, 1.807) is 0 Å². The van der Waals surface area contributed by atoms with Crippen LogP contribution in [-0.2, 0) is 19.1 Å². The van der Waals surface area contributed by atoms with E-state index in [9.17, 15) is 9.59 Å². The van der Waals surface area contributed by atoms with Crippen molar-refractivity contribution in [3.05, 3.63) is 58.3 Å². The highest BCUT2D eigenvalue weighted by molar-refractivity contribution is 6.34. The number of likely N-dealkylation sites (N-methyl/N-ethyl adjacent to an activating group) is 1. The van der Waals surface area contributed by atoms with Gasteiger partial charge in [0, 0.05) is 26.1 Å². The molecule has 4 aliphatic rings. The number of benzene rings is 1. The second kappa shape index (κ2) is 11.7. The number of esters is 1. The number of halogens is 1. The Hall–Kier alpha value is -2.81. The number of carbonyl (C=O) groups excluding carboxylic acids is 2. The molecule has 0 radical (unpaired) electrons. The van der Waals surface area contributed by atoms with Crippen molar-refractivity contribution >= 4 is 34.7 Å². The maximum Gasteiger partial charge on any atom is 0.308 e. The van der Waals surface area contributed by atoms with Gasteiger partial charge >= 0.3 is 5.97 Å². The number of likely N-dealkylation sites (tertiary alicyclic amines) is 1. The molecule has 1 aromatic carbocycles. The third-order valence-electron chi connectivity index (χ3n) is 8.20. The van der Waals surface area contributed by atoms with Gasteiger partial charge in [0.25, 0.3) is 0 Å². The number of hydrogen-bond acceptors (Lipinski definition) is 7. The van der Waals surface area contributed by atoms with Gasteiger partial charge in [-0.3, -0.25) is 9.59 Å². The van der Waals surface area contributed by atoms with Gasteiger partial charge in [-0.15, -0.1) is 0 Å². The molecule has 0 aromatic heterocycles. The molecule has 3 heterocycles. The molecule has 1 aromatic rings. The van der Waals surface area contributed by atoms with Gasteiger partial charge in [-0.25, -0.2) is 5.32 Å². The van der Waals surface area contributed by atoms with Crippen LogP contribution in [0.2, 0.25) is 0 Å². The molecule has 3 atom stereocenters. The van der Waals surface area contributed by atoms with Crippen LogP contribution in [0.4, 0.5) is 0 Å². The van der Waals surface area contributed by atoms with E-state index in [2.05, 4.69) is 45.9 Å². The minimum absolute atomic E-state index is 0.0269. The zero-order valence-corrected chi connectivity index (χ0v) is 24.0. The molecule has 0 spiro atoms. The number of ether oxygens (including phenoxy) is 2. The summed E-state index contributed by atoms with van der Waals surface area (Å²) in [4.78, 5) is 28.2. The molecule has 3 unspecified atom stereocenters. The molecule has 210 valence electrons. The number of hydrogen-bond donors (Lipinski definition) is 2. The highest BCUT2D eigenvalue weighted by Crippen LogP contribution is 2.36. The summed E-state index contributed by atoms with van der Waals surface area (Å²) in [7, 11) is 3.49. The van der Waals surface area contributed by atoms with Crippen molar-refractivity contribution in [1.29, 1.82) is 0 Å². The van der Waals surface area contributed by atoms with E-state index in [1.165, 1.54) is 18.2 Å². The van der Waals surface area contributed by atoms with Crippen molar-refractivity contribution in [2.75, 3.05) is 27.2 Å². The largest absolute Gasteiger partial charge is 0.469 e. The third kappa shape index (κ3) is 5.88. The highest BCUT2D eigenvalue weighted by Gasteiger charge is 2.38. The van der Waals surface area contributed by atoms with Crippen LogP contribution in [0, 0.1) is 11.8 Å². The SMILES string of the molecule is COC(=O)C1CC=C(c2ccc(C3=C(Cl)C=C4NC(OC5CCN(C(=O)C(C)C)CC5)NC4N3C)cc2)CC1. The number of rotatable bonds is 6. The number of nitrogens with one attached hydrogen (secondary N) is 2. The molecule has 8 nitrogen and oxygen atoms in total. The fraction of sp³-hybridized carbons (Fsp3) is 0.533. The Bertz CT molecular complexity index is 1180. The normalized spacial score (nSPS) is 25.7. The van der Waals surface area contributed by atoms with E-state index in [1.807, 2.05) is 31.9 Å². The molecule has 9 heteroatoms. The fourth-order valence-electron chi connectivity index (χ4n) is 5.95. The van der Waals surface area contributed by atoms with E-state index in [-0.39, 0.29) is 42.3 Å². The first-order valence-electron chi connectivity index (χ1n) is 13.9. The second-order valence-electron chi connectivity index (χ2n) is 11.1. The van der Waals surface area contributed by atoms with Gasteiger partial charge in [0.05, 0.1) is 35.6 Å². The molecular formula is C30H39ClN4O4. The molecule has 5 rings (SSSR count). The highest BCUT2D eigenvalue weighted by atomic mass is 35.5. The Labute approximate surface area is 236 Å². The van der Waals surface area contributed by atoms with Gasteiger partial charge in [0.2, 0.25) is 5.91 Å². The Kier molecular flexibility index (Phi) is 8.35. The molecule has 1 amide bonds. The molecule has 2 N–H and O–H groups in total. The van der Waals surface area contributed by atoms with Crippen molar-refractivity contribution in [2.45, 2.75) is 64.6 Å². The average molecular weight is 555 g/mol. The van der Waals surface area contributed by atoms with Gasteiger partial charge in [0.1, 0.15) is 6.17 Å². The van der Waals surface area contributed by atoms with Gasteiger partial charge < -0.3 is 24.6 Å². The number of piperidine rings is 1. The van der Waals surface area contributed by atoms with Crippen LogP contribution in [0.15, 0.2) is 47.1 Å². The fourth-order valence-corrected chi connectivity index (χ4v) is 6.31. The van der Waals surface area contributed by atoms with Gasteiger partial charge in [0.15, 0.2) is 6.35 Å². The van der Waals surface area contributed by atoms with E-state index in [0.29, 0.717) is 5.03 Å². The quantitative estimate of drug-likeness (QED) is 0.509. The Morgan fingerprint density at radius 2 is 1.77 bits per heavy atom. The van der Waals surface area contributed by atoms with Crippen molar-refractivity contribution in [2.24, 2.45) is 11.8 Å². The van der Waals surface area contributed by atoms with Crippen LogP contribution < -0.4 is 10.6 Å². The summed E-state index contributed by atoms with van der Waals surface area (Å²) >= 11 is 6.80. The van der Waals surface area contributed by atoms with E-state index >= 15 is 0 Å². The lowest BCUT2D eigenvalue weighted by Crippen LogP contribution is -2.47. The summed E-state index contributed by atoms with van der Waals surface area (Å²) in [5.41, 5.74) is 5.41. The summed E-state index contributed by atoms with van der Waals surface area (Å²) < 4.78 is 11.2. The maximum atomic E-state index is 12.3. The molecular weight excluding hydrogens is 516 g/mol. The minimum Gasteiger partial charge on any atom is -0.469 e. The predicted molar refractivity (Wildman–Crippen MR) is 152 cm³/mol. The number of amides is 1. The lowest BCUT2D eigenvalue weighted by Gasteiger charge is -2.34. The molecule has 0 saturated carbocycles. The number of fused-ring (bicyclic) bond motifs is 1. The lowest BCUT2D eigenvalue weighted by molar-refractivity contribution is -0.145. The van der Waals surface area contributed by atoms with Crippen LogP contribution in [0.3, 0.4) is 0 Å². The van der Waals surface area contributed by atoms with E-state index in [0.717, 1.165) is 62.2 Å². The summed E-state index contributed by atoms with van der Waals surface area (Å²) in [6.45, 7) is 5.36. The summed E-state index contributed by atoms with van der Waals surface area (Å²) in [6, 6.07) is 8.48. The van der Waals surface area contributed by atoms with Gasteiger partial charge in [-0.2, -0.15) is 0 Å². The van der Waals surface area contributed by atoms with Crippen molar-refractivity contribution < 1.29 is 19.1 Å². The maximum absolute atomic E-state index is 12.3. The summed E-state index contributed by atoms with van der Waals surface area (Å²) in [5, 5.41) is 7.66. The van der Waals surface area contributed by atoms with Crippen molar-refractivity contribution in [3.63, 3.8) is 0 Å². The Morgan fingerprint density at radius 3 is 2.38 bits per heavy atom. The minimum atomic E-state index is -0.320. The Morgan fingerprint density at radius 1 is 1.08 bits per heavy atom. The smallest absolute Gasteiger partial charge is 0.308 e. The number of methoxy groups -OCH3 is 1. The average Bonchev–Trinajstić information content (AvgIpc) is 3.35. The van der Waals surface area contributed by atoms with Crippen molar-refractivity contribution in [1.82, 2.24) is 20.4 Å². The third-order valence-corrected chi connectivity index (χ3v) is 8.49. The topological polar surface area (TPSA) is 83.1 Å². The molecule has 2 fully saturated rings. The molecule has 0 bridgehead atoms. The van der Waals surface area contributed by atoms with Gasteiger partial charge in [-0.05, 0) is 54.9 Å². The summed E-state index contributed by atoms with van der Waals surface area (Å²) in [5.74, 6) is 0.0774. The monoisotopic (exact) mass is 554 g/mol. The molecule has 39 heavy (non-hydrogen) atoms. The number of carbonyl (C=O) groups is 2. The van der Waals surface area contributed by atoms with Gasteiger partial charge in [-0.1, -0.05) is 55.8 Å². The van der Waals surface area contributed by atoms with Crippen LogP contribution in [0.25, 0.3) is 11.3 Å². The lowest BCUT2D eigenvalue weighted by atomic mass is 9.86. The zero-order chi connectivity index (χ0) is 27.7. The summed E-state index contributed by atoms with van der Waals surface area (Å²) in [6.07, 6.45) is 7.88. The van der Waals surface area contributed by atoms with Crippen LogP contribution in [0.5, 0.6) is 0 Å². The van der Waals surface area contributed by atoms with Crippen LogP contribution in [0.1, 0.15) is 57.1 Å². The second-order valence-corrected chi connectivity index (χ2v) is 11.5. The van der Waals surface area contributed by atoms with Crippen LogP contribution >= 0.6 is 11.6 Å². The number of allylic oxidation sites excluding steroid dienone is 4. The first-order valence-corrected chi connectivity index (χ1v) is 14.3. The van der Waals surface area contributed by atoms with E-state index in [4.69, 9.17) is 21.1 Å². The first-order chi connectivity index (χ1) is 18.7. The van der Waals surface area contributed by atoms with E-state index < -0.39 is 0 Å². The Balaban J connectivity index is 1.19. The first kappa shape index (κ1) is 27.7. The zero-order valence-electron chi connectivity index (χ0n) is 23.2. The molecule has 2 saturated heterocycles. The van der Waals surface area contributed by atoms with Crippen LogP contribution in [-0.4, -0.2) is 67.5 Å². The standard InChI is InChI=1S/C30H39ClN4O4/c1-18(2)28(36)35-15-13-23(14-16-35)39-30-32-25-17-24(31)26(34(3)27(25)33-30)21-9-5-19(6-10-21)20-7-11-22(12-8-20)29(37)38-4/h5-7,9-10,17-18,22-23,27,30,32-33H,8,11-16H2,1-4H3.